The first kappa shape index (κ1) is 14.0. The predicted octanol–water partition coefficient (Wildman–Crippen LogP) is 4.63. The number of halogens is 3. The van der Waals surface area contributed by atoms with Gasteiger partial charge in [-0.05, 0) is 30.4 Å². The van der Waals surface area contributed by atoms with Gasteiger partial charge in [-0.1, -0.05) is 11.6 Å². The van der Waals surface area contributed by atoms with Crippen LogP contribution in [0.15, 0.2) is 30.3 Å². The lowest BCUT2D eigenvalue weighted by molar-refractivity contribution is 0.387. The number of hydrogen-bond acceptors (Lipinski definition) is 2. The number of rotatable bonds is 2. The van der Waals surface area contributed by atoms with E-state index in [4.69, 9.17) is 28.6 Å². The molecule has 1 heterocycles. The first-order chi connectivity index (χ1) is 10.0. The number of aromatic nitrogens is 2. The van der Waals surface area contributed by atoms with E-state index >= 15 is 0 Å². The molecule has 3 rings (SSSR count). The van der Waals surface area contributed by atoms with Crippen LogP contribution < -0.4 is 4.74 Å². The number of nitrogens with one attached hydrogen (secondary N) is 1. The Balaban J connectivity index is 2.39. The van der Waals surface area contributed by atoms with Crippen molar-refractivity contribution in [3.05, 3.63) is 51.8 Å². The Labute approximate surface area is 128 Å². The van der Waals surface area contributed by atoms with Gasteiger partial charge in [-0.25, -0.2) is 8.78 Å². The first-order valence-corrected chi connectivity index (χ1v) is 6.73. The summed E-state index contributed by atoms with van der Waals surface area (Å²) >= 11 is 11.1. The molecule has 0 aliphatic carbocycles. The standard InChI is InChI=1S/C14H9ClF2N2OS/c1-20-13-6-12-10(5-9(13)17)18-14(21)19(12)11-4-7(15)2-3-8(11)16/h2-6H,1H3,(H,18,21). The molecule has 0 bridgehead atoms. The highest BCUT2D eigenvalue weighted by Gasteiger charge is 2.14. The van der Waals surface area contributed by atoms with Crippen LogP contribution in [0.4, 0.5) is 8.78 Å². The highest BCUT2D eigenvalue weighted by atomic mass is 35.5. The van der Waals surface area contributed by atoms with Crippen molar-refractivity contribution in [1.82, 2.24) is 9.55 Å². The van der Waals surface area contributed by atoms with Crippen molar-refractivity contribution in [3.63, 3.8) is 0 Å². The summed E-state index contributed by atoms with van der Waals surface area (Å²) in [6, 6.07) is 6.86. The molecule has 1 N–H and O–H groups in total. The van der Waals surface area contributed by atoms with Crippen molar-refractivity contribution < 1.29 is 13.5 Å². The Kier molecular flexibility index (Phi) is 3.43. The quantitative estimate of drug-likeness (QED) is 0.696. The summed E-state index contributed by atoms with van der Waals surface area (Å²) in [5, 5.41) is 0.372. The third kappa shape index (κ3) is 2.30. The summed E-state index contributed by atoms with van der Waals surface area (Å²) in [6.07, 6.45) is 0. The van der Waals surface area contributed by atoms with E-state index in [0.29, 0.717) is 16.1 Å². The van der Waals surface area contributed by atoms with Gasteiger partial charge in [0.2, 0.25) is 0 Å². The molecule has 7 heteroatoms. The molecule has 0 radical (unpaired) electrons. The summed E-state index contributed by atoms with van der Waals surface area (Å²) in [4.78, 5) is 2.84. The van der Waals surface area contributed by atoms with Gasteiger partial charge in [-0.3, -0.25) is 4.57 Å². The molecule has 0 spiro atoms. The normalized spacial score (nSPS) is 11.0. The maximum atomic E-state index is 14.1. The van der Waals surface area contributed by atoms with Crippen molar-refractivity contribution in [2.24, 2.45) is 0 Å². The molecule has 0 fully saturated rings. The van der Waals surface area contributed by atoms with Crippen LogP contribution in [0.2, 0.25) is 5.02 Å². The fourth-order valence-corrected chi connectivity index (χ4v) is 2.63. The van der Waals surface area contributed by atoms with E-state index in [1.807, 2.05) is 0 Å². The van der Waals surface area contributed by atoms with Crippen molar-refractivity contribution in [3.8, 4) is 11.4 Å². The zero-order valence-electron chi connectivity index (χ0n) is 10.8. The van der Waals surface area contributed by atoms with Crippen LogP contribution in [0.1, 0.15) is 0 Å². The van der Waals surface area contributed by atoms with E-state index in [1.54, 1.807) is 0 Å². The molecular formula is C14H9ClF2N2OS. The summed E-state index contributed by atoms with van der Waals surface area (Å²) in [5.74, 6) is -0.965. The number of methoxy groups -OCH3 is 1. The summed E-state index contributed by atoms with van der Waals surface area (Å²) in [7, 11) is 1.36. The number of imidazole rings is 1. The van der Waals surface area contributed by atoms with Crippen LogP contribution in [-0.4, -0.2) is 16.7 Å². The second-order valence-electron chi connectivity index (χ2n) is 4.37. The monoisotopic (exact) mass is 326 g/mol. The molecule has 3 nitrogen and oxygen atoms in total. The number of aromatic amines is 1. The largest absolute Gasteiger partial charge is 0.494 e. The minimum absolute atomic E-state index is 0.0488. The maximum Gasteiger partial charge on any atom is 0.182 e. The molecule has 0 saturated heterocycles. The second-order valence-corrected chi connectivity index (χ2v) is 5.19. The molecule has 0 saturated carbocycles. The molecule has 0 unspecified atom stereocenters. The highest BCUT2D eigenvalue weighted by molar-refractivity contribution is 7.71. The number of benzene rings is 2. The Morgan fingerprint density at radius 1 is 1.19 bits per heavy atom. The van der Waals surface area contributed by atoms with Gasteiger partial charge in [0.15, 0.2) is 16.3 Å². The van der Waals surface area contributed by atoms with E-state index in [2.05, 4.69) is 4.98 Å². The van der Waals surface area contributed by atoms with Gasteiger partial charge in [0.1, 0.15) is 5.82 Å². The van der Waals surface area contributed by atoms with Crippen molar-refractivity contribution in [2.75, 3.05) is 7.11 Å². The topological polar surface area (TPSA) is 29.9 Å². The van der Waals surface area contributed by atoms with Crippen LogP contribution in [-0.2, 0) is 0 Å². The van der Waals surface area contributed by atoms with Crippen molar-refractivity contribution in [1.29, 1.82) is 0 Å². The summed E-state index contributed by atoms with van der Waals surface area (Å²) in [6.45, 7) is 0. The minimum Gasteiger partial charge on any atom is -0.494 e. The van der Waals surface area contributed by atoms with E-state index < -0.39 is 11.6 Å². The Hall–Kier alpha value is -1.92. The number of hydrogen-bond donors (Lipinski definition) is 1. The fraction of sp³-hybridized carbons (Fsp3) is 0.0714. The first-order valence-electron chi connectivity index (χ1n) is 5.95. The molecule has 21 heavy (non-hydrogen) atoms. The number of H-pyrrole nitrogens is 1. The lowest BCUT2D eigenvalue weighted by Crippen LogP contribution is -1.98. The summed E-state index contributed by atoms with van der Waals surface area (Å²) < 4.78 is 34.4. The SMILES string of the molecule is COc1cc2c(cc1F)[nH]c(=S)n2-c1cc(Cl)ccc1F. The highest BCUT2D eigenvalue weighted by Crippen LogP contribution is 2.28. The predicted molar refractivity (Wildman–Crippen MR) is 79.9 cm³/mol. The number of ether oxygens (including phenoxy) is 1. The zero-order chi connectivity index (χ0) is 15.1. The van der Waals surface area contributed by atoms with Gasteiger partial charge in [0, 0.05) is 17.2 Å². The van der Waals surface area contributed by atoms with Crippen LogP contribution in [0, 0.1) is 16.4 Å². The van der Waals surface area contributed by atoms with Crippen LogP contribution >= 0.6 is 23.8 Å². The number of nitrogens with zero attached hydrogens (tertiary/aromatic N) is 1. The minimum atomic E-state index is -0.528. The molecule has 1 aromatic heterocycles. The van der Waals surface area contributed by atoms with Gasteiger partial charge in [-0.15, -0.1) is 0 Å². The van der Waals surface area contributed by atoms with Crippen molar-refractivity contribution in [2.45, 2.75) is 0 Å². The molecular weight excluding hydrogens is 318 g/mol. The third-order valence-corrected chi connectivity index (χ3v) is 3.62. The van der Waals surface area contributed by atoms with Crippen LogP contribution in [0.25, 0.3) is 16.7 Å². The van der Waals surface area contributed by atoms with Gasteiger partial charge >= 0.3 is 0 Å². The Morgan fingerprint density at radius 2 is 1.95 bits per heavy atom. The smallest absolute Gasteiger partial charge is 0.182 e. The summed E-state index contributed by atoms with van der Waals surface area (Å²) in [5.41, 5.74) is 1.13. The molecule has 0 aliphatic heterocycles. The maximum absolute atomic E-state index is 14.1. The van der Waals surface area contributed by atoms with E-state index in [0.717, 1.165) is 0 Å². The molecule has 108 valence electrons. The molecule has 0 atom stereocenters. The average Bonchev–Trinajstić information content (AvgIpc) is 2.75. The second kappa shape index (κ2) is 5.13. The third-order valence-electron chi connectivity index (χ3n) is 3.10. The van der Waals surface area contributed by atoms with Crippen LogP contribution in [0.5, 0.6) is 5.75 Å². The van der Waals surface area contributed by atoms with Crippen LogP contribution in [0.3, 0.4) is 0 Å². The van der Waals surface area contributed by atoms with Gasteiger partial charge in [0.25, 0.3) is 0 Å². The van der Waals surface area contributed by atoms with E-state index in [1.165, 1.54) is 42.0 Å². The number of fused-ring (bicyclic) bond motifs is 1. The van der Waals surface area contributed by atoms with Crippen molar-refractivity contribution >= 4 is 34.9 Å². The average molecular weight is 327 g/mol. The lowest BCUT2D eigenvalue weighted by atomic mass is 10.2. The Morgan fingerprint density at radius 3 is 2.67 bits per heavy atom. The lowest BCUT2D eigenvalue weighted by Gasteiger charge is -2.08. The fourth-order valence-electron chi connectivity index (χ4n) is 2.16. The van der Waals surface area contributed by atoms with E-state index in [-0.39, 0.29) is 16.2 Å². The van der Waals surface area contributed by atoms with Gasteiger partial charge < -0.3 is 9.72 Å². The van der Waals surface area contributed by atoms with E-state index in [9.17, 15) is 8.78 Å². The zero-order valence-corrected chi connectivity index (χ0v) is 12.4. The van der Waals surface area contributed by atoms with Gasteiger partial charge in [0.05, 0.1) is 23.8 Å². The van der Waals surface area contributed by atoms with Gasteiger partial charge in [-0.2, -0.15) is 0 Å². The Bertz CT molecular complexity index is 904. The molecule has 0 aliphatic rings. The molecule has 0 amide bonds. The molecule has 2 aromatic carbocycles. The molecule has 3 aromatic rings.